The van der Waals surface area contributed by atoms with Crippen LogP contribution in [-0.4, -0.2) is 22.8 Å². The quantitative estimate of drug-likeness (QED) is 0.799. The molecule has 0 bridgehead atoms. The summed E-state index contributed by atoms with van der Waals surface area (Å²) in [6, 6.07) is 16.8. The zero-order valence-electron chi connectivity index (χ0n) is 12.4. The van der Waals surface area contributed by atoms with Crippen molar-refractivity contribution in [2.24, 2.45) is 5.73 Å². The first-order chi connectivity index (χ1) is 11.1. The fourth-order valence-electron chi connectivity index (χ4n) is 2.31. The van der Waals surface area contributed by atoms with Gasteiger partial charge in [-0.05, 0) is 24.3 Å². The Hall–Kier alpha value is -2.79. The van der Waals surface area contributed by atoms with Crippen LogP contribution in [0.2, 0.25) is 5.02 Å². The molecule has 3 rings (SSSR count). The molecule has 0 aliphatic rings. The first kappa shape index (κ1) is 15.1. The lowest BCUT2D eigenvalue weighted by Gasteiger charge is -2.09. The molecule has 1 heterocycles. The highest BCUT2D eigenvalue weighted by Crippen LogP contribution is 2.33. The van der Waals surface area contributed by atoms with Gasteiger partial charge in [-0.3, -0.25) is 4.79 Å². The van der Waals surface area contributed by atoms with Gasteiger partial charge < -0.3 is 10.5 Å². The van der Waals surface area contributed by atoms with Crippen molar-refractivity contribution >= 4 is 17.5 Å². The maximum absolute atomic E-state index is 11.6. The van der Waals surface area contributed by atoms with Gasteiger partial charge in [-0.2, -0.15) is 5.10 Å². The van der Waals surface area contributed by atoms with Crippen LogP contribution in [0.4, 0.5) is 0 Å². The maximum atomic E-state index is 11.6. The van der Waals surface area contributed by atoms with E-state index < -0.39 is 5.91 Å². The number of rotatable bonds is 4. The Bertz CT molecular complexity index is 842. The third-order valence-electron chi connectivity index (χ3n) is 3.43. The molecule has 2 N–H and O–H groups in total. The van der Waals surface area contributed by atoms with Crippen LogP contribution in [0, 0.1) is 0 Å². The van der Waals surface area contributed by atoms with Crippen molar-refractivity contribution in [2.75, 3.05) is 7.11 Å². The van der Waals surface area contributed by atoms with E-state index in [0.717, 1.165) is 17.0 Å². The Morgan fingerprint density at radius 2 is 1.78 bits per heavy atom. The van der Waals surface area contributed by atoms with Gasteiger partial charge in [-0.25, -0.2) is 4.68 Å². The van der Waals surface area contributed by atoms with E-state index in [2.05, 4.69) is 5.10 Å². The Balaban J connectivity index is 2.22. The summed E-state index contributed by atoms with van der Waals surface area (Å²) in [4.78, 5) is 11.6. The van der Waals surface area contributed by atoms with Crippen LogP contribution in [0.15, 0.2) is 54.6 Å². The maximum Gasteiger partial charge on any atom is 0.270 e. The Labute approximate surface area is 138 Å². The minimum atomic E-state index is -0.667. The number of carbonyl (C=O) groups excluding carboxylic acids is 1. The van der Waals surface area contributed by atoms with Crippen LogP contribution in [0.3, 0.4) is 0 Å². The molecule has 0 spiro atoms. The average Bonchev–Trinajstić information content (AvgIpc) is 2.93. The fraction of sp³-hybridized carbons (Fsp3) is 0.0588. The van der Waals surface area contributed by atoms with Gasteiger partial charge in [0.1, 0.15) is 10.8 Å². The van der Waals surface area contributed by atoms with Crippen molar-refractivity contribution in [1.82, 2.24) is 9.78 Å². The van der Waals surface area contributed by atoms with Crippen molar-refractivity contribution in [3.63, 3.8) is 0 Å². The first-order valence-electron chi connectivity index (χ1n) is 6.90. The Kier molecular flexibility index (Phi) is 4.04. The van der Waals surface area contributed by atoms with Crippen LogP contribution < -0.4 is 10.5 Å². The molecule has 1 aromatic heterocycles. The summed E-state index contributed by atoms with van der Waals surface area (Å²) < 4.78 is 6.77. The molecule has 1 amide bonds. The van der Waals surface area contributed by atoms with Crippen LogP contribution in [0.1, 0.15) is 10.5 Å². The van der Waals surface area contributed by atoms with Gasteiger partial charge in [0.05, 0.1) is 18.5 Å². The van der Waals surface area contributed by atoms with E-state index in [1.54, 1.807) is 11.8 Å². The first-order valence-corrected chi connectivity index (χ1v) is 7.27. The number of ether oxygens (including phenoxy) is 1. The second-order valence-electron chi connectivity index (χ2n) is 4.85. The van der Waals surface area contributed by atoms with Gasteiger partial charge in [0.25, 0.3) is 5.91 Å². The highest BCUT2D eigenvalue weighted by Gasteiger charge is 2.22. The number of methoxy groups -OCH3 is 1. The number of nitrogens with zero attached hydrogens (tertiary/aromatic N) is 2. The monoisotopic (exact) mass is 327 g/mol. The molecular formula is C17H14ClN3O2. The van der Waals surface area contributed by atoms with Gasteiger partial charge in [-0.1, -0.05) is 41.9 Å². The van der Waals surface area contributed by atoms with Gasteiger partial charge in [0.15, 0.2) is 5.69 Å². The van der Waals surface area contributed by atoms with Crippen molar-refractivity contribution < 1.29 is 9.53 Å². The van der Waals surface area contributed by atoms with Crippen molar-refractivity contribution in [1.29, 1.82) is 0 Å². The minimum Gasteiger partial charge on any atom is -0.497 e. The number of benzene rings is 2. The third kappa shape index (κ3) is 2.78. The second-order valence-corrected chi connectivity index (χ2v) is 5.23. The van der Waals surface area contributed by atoms with Gasteiger partial charge in [0, 0.05) is 5.56 Å². The SMILES string of the molecule is COc1ccc(-n2nc(C(N)=O)c(Cl)c2-c2ccccc2)cc1. The standard InChI is InChI=1S/C17H14ClN3O2/c1-23-13-9-7-12(8-10-13)21-16(11-5-3-2-4-6-11)14(18)15(20-21)17(19)22/h2-10H,1H3,(H2,19,22). The van der Waals surface area contributed by atoms with Crippen LogP contribution in [0.25, 0.3) is 16.9 Å². The molecule has 0 fully saturated rings. The predicted octanol–water partition coefficient (Wildman–Crippen LogP) is 3.30. The number of primary amides is 1. The number of hydrogen-bond donors (Lipinski definition) is 1. The van der Waals surface area contributed by atoms with E-state index in [9.17, 15) is 4.79 Å². The molecule has 0 aliphatic carbocycles. The topological polar surface area (TPSA) is 70.1 Å². The molecule has 5 nitrogen and oxygen atoms in total. The zero-order valence-corrected chi connectivity index (χ0v) is 13.1. The Morgan fingerprint density at radius 3 is 2.35 bits per heavy atom. The van der Waals surface area contributed by atoms with Crippen LogP contribution in [-0.2, 0) is 0 Å². The molecule has 0 saturated heterocycles. The lowest BCUT2D eigenvalue weighted by Crippen LogP contribution is -2.12. The molecule has 0 radical (unpaired) electrons. The van der Waals surface area contributed by atoms with Gasteiger partial charge >= 0.3 is 0 Å². The lowest BCUT2D eigenvalue weighted by atomic mass is 10.1. The summed E-state index contributed by atoms with van der Waals surface area (Å²) in [6.45, 7) is 0. The van der Waals surface area contributed by atoms with Crippen molar-refractivity contribution in [2.45, 2.75) is 0 Å². The van der Waals surface area contributed by atoms with Gasteiger partial charge in [-0.15, -0.1) is 0 Å². The Morgan fingerprint density at radius 1 is 1.13 bits per heavy atom. The fourth-order valence-corrected chi connectivity index (χ4v) is 2.63. The summed E-state index contributed by atoms with van der Waals surface area (Å²) in [7, 11) is 1.60. The number of amides is 1. The molecule has 0 aliphatic heterocycles. The highest BCUT2D eigenvalue weighted by atomic mass is 35.5. The molecule has 3 aromatic rings. The zero-order chi connectivity index (χ0) is 16.4. The largest absolute Gasteiger partial charge is 0.497 e. The summed E-state index contributed by atoms with van der Waals surface area (Å²) in [6.07, 6.45) is 0. The molecule has 116 valence electrons. The van der Waals surface area contributed by atoms with E-state index in [4.69, 9.17) is 22.1 Å². The van der Waals surface area contributed by atoms with E-state index in [1.165, 1.54) is 0 Å². The molecular weight excluding hydrogens is 314 g/mol. The summed E-state index contributed by atoms with van der Waals surface area (Å²) in [5.41, 5.74) is 7.63. The van der Waals surface area contributed by atoms with Gasteiger partial charge in [0.2, 0.25) is 0 Å². The van der Waals surface area contributed by atoms with Crippen LogP contribution >= 0.6 is 11.6 Å². The van der Waals surface area contributed by atoms with Crippen LogP contribution in [0.5, 0.6) is 5.75 Å². The molecule has 0 atom stereocenters. The molecule has 0 saturated carbocycles. The number of halogens is 1. The lowest BCUT2D eigenvalue weighted by molar-refractivity contribution is 0.0995. The van der Waals surface area contributed by atoms with E-state index in [-0.39, 0.29) is 10.7 Å². The molecule has 6 heteroatoms. The smallest absolute Gasteiger partial charge is 0.270 e. The predicted molar refractivity (Wildman–Crippen MR) is 89.1 cm³/mol. The van der Waals surface area contributed by atoms with E-state index >= 15 is 0 Å². The van der Waals surface area contributed by atoms with E-state index in [1.807, 2.05) is 54.6 Å². The minimum absolute atomic E-state index is 0.0429. The summed E-state index contributed by atoms with van der Waals surface area (Å²) in [5, 5.41) is 4.52. The summed E-state index contributed by atoms with van der Waals surface area (Å²) in [5.74, 6) is 0.0582. The number of carbonyl (C=O) groups is 1. The number of aromatic nitrogens is 2. The average molecular weight is 328 g/mol. The number of hydrogen-bond acceptors (Lipinski definition) is 3. The highest BCUT2D eigenvalue weighted by molar-refractivity contribution is 6.36. The van der Waals surface area contributed by atoms with Crippen molar-refractivity contribution in [3.8, 4) is 22.7 Å². The summed E-state index contributed by atoms with van der Waals surface area (Å²) >= 11 is 6.36. The normalized spacial score (nSPS) is 10.5. The van der Waals surface area contributed by atoms with E-state index in [0.29, 0.717) is 5.69 Å². The molecule has 0 unspecified atom stereocenters. The molecule has 2 aromatic carbocycles. The number of nitrogens with two attached hydrogens (primary N) is 1. The third-order valence-corrected chi connectivity index (χ3v) is 3.78. The molecule has 23 heavy (non-hydrogen) atoms. The second kappa shape index (κ2) is 6.14. The van der Waals surface area contributed by atoms with Crippen molar-refractivity contribution in [3.05, 3.63) is 65.3 Å².